The van der Waals surface area contributed by atoms with Crippen LogP contribution in [0.25, 0.3) is 0 Å². The number of hydrogen-bond acceptors (Lipinski definition) is 6. The Morgan fingerprint density at radius 3 is 2.30 bits per heavy atom. The molecule has 1 aromatic heterocycles. The molecule has 2 atom stereocenters. The fraction of sp³-hybridized carbons (Fsp3) is 0.474. The van der Waals surface area contributed by atoms with E-state index in [2.05, 4.69) is 6.92 Å². The molecule has 2 unspecified atom stereocenters. The Morgan fingerprint density at radius 2 is 1.74 bits per heavy atom. The van der Waals surface area contributed by atoms with Gasteiger partial charge >= 0.3 is 0 Å². The van der Waals surface area contributed by atoms with E-state index in [-0.39, 0.29) is 15.8 Å². The maximum absolute atomic E-state index is 12.4. The third-order valence-electron chi connectivity index (χ3n) is 5.02. The molecule has 0 spiro atoms. The number of hydrogen-bond donors (Lipinski definition) is 0. The lowest BCUT2D eigenvalue weighted by Gasteiger charge is -2.40. The van der Waals surface area contributed by atoms with Gasteiger partial charge in [-0.3, -0.25) is 0 Å². The monoisotopic (exact) mass is 411 g/mol. The highest BCUT2D eigenvalue weighted by Gasteiger charge is 2.33. The molecule has 0 amide bonds. The van der Waals surface area contributed by atoms with Crippen LogP contribution in [0.2, 0.25) is 0 Å². The van der Waals surface area contributed by atoms with Gasteiger partial charge in [0.2, 0.25) is 0 Å². The average Bonchev–Trinajstić information content (AvgIpc) is 2.99. The highest BCUT2D eigenvalue weighted by atomic mass is 32.2. The van der Waals surface area contributed by atoms with Gasteiger partial charge in [0.1, 0.15) is 11.5 Å². The first kappa shape index (κ1) is 19.9. The van der Waals surface area contributed by atoms with Crippen molar-refractivity contribution in [3.8, 4) is 0 Å². The van der Waals surface area contributed by atoms with Crippen LogP contribution >= 0.6 is 0 Å². The molecular formula is C19H25NO5S2. The fourth-order valence-corrected chi connectivity index (χ4v) is 5.22. The number of nitrogens with zero attached hydrogens (tertiary/aromatic N) is 1. The van der Waals surface area contributed by atoms with Gasteiger partial charge in [-0.1, -0.05) is 6.92 Å². The van der Waals surface area contributed by atoms with Crippen LogP contribution in [0.1, 0.15) is 37.3 Å². The van der Waals surface area contributed by atoms with E-state index in [1.165, 1.54) is 12.1 Å². The van der Waals surface area contributed by atoms with Crippen LogP contribution in [0.3, 0.4) is 0 Å². The zero-order valence-electron chi connectivity index (χ0n) is 16.0. The number of sulfone groups is 2. The molecule has 0 bridgehead atoms. The van der Waals surface area contributed by atoms with Crippen LogP contribution in [0.4, 0.5) is 5.69 Å². The normalized spacial score (nSPS) is 21.4. The molecule has 3 rings (SSSR count). The standard InChI is InChI=1S/C19H25NO5S2/c1-13-9-10-20(17(11-13)18-8-5-14(2)25-18)16-7-6-15(26(3,21)22)12-19(16)27(4,23)24/h5-8,12-13,17H,9-11H2,1-4H3. The molecule has 0 radical (unpaired) electrons. The molecule has 2 heterocycles. The molecule has 1 aliphatic rings. The number of furan rings is 1. The highest BCUT2D eigenvalue weighted by Crippen LogP contribution is 2.41. The summed E-state index contributed by atoms with van der Waals surface area (Å²) in [5, 5.41) is 0. The second-order valence-corrected chi connectivity index (χ2v) is 11.5. The third-order valence-corrected chi connectivity index (χ3v) is 7.26. The molecule has 0 N–H and O–H groups in total. The lowest BCUT2D eigenvalue weighted by atomic mass is 9.90. The Kier molecular flexibility index (Phi) is 5.16. The quantitative estimate of drug-likeness (QED) is 0.767. The van der Waals surface area contributed by atoms with E-state index < -0.39 is 19.7 Å². The first-order valence-electron chi connectivity index (χ1n) is 8.84. The van der Waals surface area contributed by atoms with E-state index in [1.807, 2.05) is 24.0 Å². The molecule has 6 nitrogen and oxygen atoms in total. The first-order chi connectivity index (χ1) is 12.5. The molecule has 0 aliphatic carbocycles. The topological polar surface area (TPSA) is 84.7 Å². The molecule has 1 aliphatic heterocycles. The summed E-state index contributed by atoms with van der Waals surface area (Å²) < 4.78 is 54.5. The second-order valence-electron chi connectivity index (χ2n) is 7.46. The highest BCUT2D eigenvalue weighted by molar-refractivity contribution is 7.91. The Hall–Kier alpha value is -1.80. The molecule has 1 aromatic carbocycles. The Balaban J connectivity index is 2.15. The minimum atomic E-state index is -3.62. The molecule has 0 saturated carbocycles. The Morgan fingerprint density at radius 1 is 1.04 bits per heavy atom. The van der Waals surface area contributed by atoms with E-state index in [9.17, 15) is 16.8 Å². The van der Waals surface area contributed by atoms with Gasteiger partial charge < -0.3 is 9.32 Å². The predicted molar refractivity (Wildman–Crippen MR) is 105 cm³/mol. The fourth-order valence-electron chi connectivity index (χ4n) is 3.59. The van der Waals surface area contributed by atoms with E-state index in [1.54, 1.807) is 6.07 Å². The smallest absolute Gasteiger partial charge is 0.177 e. The van der Waals surface area contributed by atoms with Crippen LogP contribution in [0.15, 0.2) is 44.5 Å². The van der Waals surface area contributed by atoms with Crippen LogP contribution in [0, 0.1) is 12.8 Å². The summed E-state index contributed by atoms with van der Waals surface area (Å²) in [5.74, 6) is 2.08. The molecule has 148 valence electrons. The van der Waals surface area contributed by atoms with Gasteiger partial charge in [-0.25, -0.2) is 16.8 Å². The summed E-state index contributed by atoms with van der Waals surface area (Å²) in [4.78, 5) is 2.07. The van der Waals surface area contributed by atoms with Crippen LogP contribution in [-0.4, -0.2) is 35.9 Å². The molecular weight excluding hydrogens is 386 g/mol. The first-order valence-corrected chi connectivity index (χ1v) is 12.6. The molecule has 27 heavy (non-hydrogen) atoms. The zero-order chi connectivity index (χ0) is 20.0. The number of aryl methyl sites for hydroxylation is 1. The van der Waals surface area contributed by atoms with Crippen molar-refractivity contribution in [3.05, 3.63) is 41.9 Å². The lowest BCUT2D eigenvalue weighted by Crippen LogP contribution is -2.37. The second kappa shape index (κ2) is 6.98. The van der Waals surface area contributed by atoms with Crippen molar-refractivity contribution in [3.63, 3.8) is 0 Å². The minimum absolute atomic E-state index is 0.00226. The van der Waals surface area contributed by atoms with Gasteiger partial charge in [0.25, 0.3) is 0 Å². The van der Waals surface area contributed by atoms with E-state index >= 15 is 0 Å². The minimum Gasteiger partial charge on any atom is -0.464 e. The van der Waals surface area contributed by atoms with Gasteiger partial charge in [-0.2, -0.15) is 0 Å². The largest absolute Gasteiger partial charge is 0.464 e. The summed E-state index contributed by atoms with van der Waals surface area (Å²) >= 11 is 0. The molecule has 8 heteroatoms. The Labute approximate surface area is 161 Å². The van der Waals surface area contributed by atoms with Crippen LogP contribution in [0.5, 0.6) is 0 Å². The van der Waals surface area contributed by atoms with E-state index in [4.69, 9.17) is 4.42 Å². The van der Waals surface area contributed by atoms with E-state index in [0.29, 0.717) is 18.2 Å². The SMILES string of the molecule is Cc1ccc(C2CC(C)CCN2c2ccc(S(C)(=O)=O)cc2S(C)(=O)=O)o1. The predicted octanol–water partition coefficient (Wildman–Crippen LogP) is 3.37. The van der Waals surface area contributed by atoms with Crippen molar-refractivity contribution in [2.24, 2.45) is 5.92 Å². The number of piperidine rings is 1. The van der Waals surface area contributed by atoms with Crippen molar-refractivity contribution >= 4 is 25.4 Å². The van der Waals surface area contributed by atoms with Crippen molar-refractivity contribution in [2.45, 2.75) is 42.5 Å². The van der Waals surface area contributed by atoms with Crippen molar-refractivity contribution in [1.82, 2.24) is 0 Å². The van der Waals surface area contributed by atoms with Gasteiger partial charge in [0.15, 0.2) is 19.7 Å². The molecule has 1 saturated heterocycles. The molecule has 1 fully saturated rings. The lowest BCUT2D eigenvalue weighted by molar-refractivity contribution is 0.323. The van der Waals surface area contributed by atoms with Gasteiger partial charge in [-0.15, -0.1) is 0 Å². The summed E-state index contributed by atoms with van der Waals surface area (Å²) in [6.45, 7) is 4.72. The average molecular weight is 412 g/mol. The maximum Gasteiger partial charge on any atom is 0.177 e. The van der Waals surface area contributed by atoms with Crippen LogP contribution < -0.4 is 4.90 Å². The number of benzene rings is 1. The van der Waals surface area contributed by atoms with E-state index in [0.717, 1.165) is 36.9 Å². The van der Waals surface area contributed by atoms with Gasteiger partial charge in [0.05, 0.1) is 21.5 Å². The Bertz CT molecular complexity index is 1050. The zero-order valence-corrected chi connectivity index (χ0v) is 17.6. The van der Waals surface area contributed by atoms with Crippen molar-refractivity contribution in [2.75, 3.05) is 24.0 Å². The number of anilines is 1. The van der Waals surface area contributed by atoms with Crippen LogP contribution in [-0.2, 0) is 19.7 Å². The summed E-state index contributed by atoms with van der Waals surface area (Å²) in [6, 6.07) is 8.08. The van der Waals surface area contributed by atoms with Crippen molar-refractivity contribution in [1.29, 1.82) is 0 Å². The van der Waals surface area contributed by atoms with Crippen molar-refractivity contribution < 1.29 is 21.3 Å². The summed E-state index contributed by atoms with van der Waals surface area (Å²) in [7, 11) is -7.12. The molecule has 2 aromatic rings. The van der Waals surface area contributed by atoms with Gasteiger partial charge in [-0.05, 0) is 56.0 Å². The maximum atomic E-state index is 12.4. The summed E-state index contributed by atoms with van der Waals surface area (Å²) in [5.41, 5.74) is 0.524. The number of rotatable bonds is 4. The third kappa shape index (κ3) is 4.21. The van der Waals surface area contributed by atoms with Gasteiger partial charge in [0, 0.05) is 19.1 Å². The summed E-state index contributed by atoms with van der Waals surface area (Å²) in [6.07, 6.45) is 3.94.